The molecule has 4 nitrogen and oxygen atoms in total. The summed E-state index contributed by atoms with van der Waals surface area (Å²) in [7, 11) is 0. The van der Waals surface area contributed by atoms with Gasteiger partial charge in [0.25, 0.3) is 0 Å². The summed E-state index contributed by atoms with van der Waals surface area (Å²) < 4.78 is 21.7. The molecule has 3 aliphatic rings. The van der Waals surface area contributed by atoms with Crippen molar-refractivity contribution in [3.63, 3.8) is 0 Å². The Morgan fingerprint density at radius 3 is 2.65 bits per heavy atom. The second-order valence-corrected chi connectivity index (χ2v) is 12.6. The van der Waals surface area contributed by atoms with Gasteiger partial charge in [0, 0.05) is 30.3 Å². The number of fused-ring (bicyclic) bond motifs is 1. The van der Waals surface area contributed by atoms with Crippen LogP contribution < -0.4 is 4.74 Å². The smallest absolute Gasteiger partial charge is 0.149 e. The van der Waals surface area contributed by atoms with Gasteiger partial charge in [0.1, 0.15) is 23.5 Å². The first-order valence-electron chi connectivity index (χ1n) is 15.0. The van der Waals surface area contributed by atoms with E-state index in [-0.39, 0.29) is 29.5 Å². The summed E-state index contributed by atoms with van der Waals surface area (Å²) in [5.41, 5.74) is 7.12. The fraction of sp³-hybridized carbons (Fsp3) is 0.486. The number of rotatable bonds is 8. The lowest BCUT2D eigenvalue weighted by atomic mass is 9.80. The lowest BCUT2D eigenvalue weighted by molar-refractivity contribution is -0.121. The molecule has 2 aliphatic heterocycles. The van der Waals surface area contributed by atoms with Crippen LogP contribution in [0.25, 0.3) is 11.1 Å². The molecule has 2 fully saturated rings. The van der Waals surface area contributed by atoms with E-state index in [1.807, 2.05) is 13.0 Å². The third kappa shape index (κ3) is 5.58. The Kier molecular flexibility index (Phi) is 7.52. The van der Waals surface area contributed by atoms with Crippen molar-refractivity contribution in [2.45, 2.75) is 78.4 Å². The molecule has 2 aromatic carbocycles. The first kappa shape index (κ1) is 27.1. The summed E-state index contributed by atoms with van der Waals surface area (Å²) in [5.74, 6) is 2.49. The molecule has 0 radical (unpaired) electrons. The van der Waals surface area contributed by atoms with Crippen molar-refractivity contribution in [3.8, 4) is 16.9 Å². The van der Waals surface area contributed by atoms with Gasteiger partial charge in [-0.3, -0.25) is 14.7 Å². The van der Waals surface area contributed by atoms with Gasteiger partial charge in [-0.15, -0.1) is 0 Å². The highest BCUT2D eigenvalue weighted by Crippen LogP contribution is 2.48. The number of halogens is 1. The van der Waals surface area contributed by atoms with Gasteiger partial charge in [-0.2, -0.15) is 0 Å². The highest BCUT2D eigenvalue weighted by Gasteiger charge is 2.38. The van der Waals surface area contributed by atoms with Gasteiger partial charge < -0.3 is 4.74 Å². The van der Waals surface area contributed by atoms with Crippen molar-refractivity contribution in [2.75, 3.05) is 13.1 Å². The number of likely N-dealkylation sites (tertiary alicyclic amines) is 1. The molecule has 1 aromatic heterocycles. The number of carbonyl (C=O) groups excluding carboxylic acids is 1. The molecule has 0 spiro atoms. The quantitative estimate of drug-likeness (QED) is 0.292. The minimum Gasteiger partial charge on any atom is -0.485 e. The van der Waals surface area contributed by atoms with Crippen LogP contribution in [-0.4, -0.2) is 28.8 Å². The van der Waals surface area contributed by atoms with E-state index in [1.54, 1.807) is 6.92 Å². The Labute approximate surface area is 238 Å². The number of nitrogens with zero attached hydrogens (tertiary/aromatic N) is 2. The second-order valence-electron chi connectivity index (χ2n) is 12.6. The lowest BCUT2D eigenvalue weighted by Gasteiger charge is -2.30. The standard InChI is InChI=1S/C35H41FN2O2/c1-21-13-14-38(19-21)20-29-16-27(9-11-30(29)31-15-22(2)37-18-32(31)36)33-12-10-25-5-8-28(17-34(25)40-33)35(26-6-7-26)23(3)24(4)39/h5,8-9,11,15-18,21,23,26,33,35H,6-7,10,12-14,19-20H2,1-4H3/t21-,23+,33?,35-/m0/s1. The molecule has 0 amide bonds. The number of ether oxygens (including phenoxy) is 1. The van der Waals surface area contributed by atoms with E-state index in [4.69, 9.17) is 4.74 Å². The lowest BCUT2D eigenvalue weighted by Crippen LogP contribution is -2.21. The fourth-order valence-electron chi connectivity index (χ4n) is 6.87. The maximum absolute atomic E-state index is 15.0. The van der Waals surface area contributed by atoms with Crippen LogP contribution >= 0.6 is 0 Å². The van der Waals surface area contributed by atoms with Gasteiger partial charge >= 0.3 is 0 Å². The van der Waals surface area contributed by atoms with Crippen molar-refractivity contribution < 1.29 is 13.9 Å². The van der Waals surface area contributed by atoms with E-state index >= 15 is 0 Å². The molecule has 4 atom stereocenters. The summed E-state index contributed by atoms with van der Waals surface area (Å²) in [4.78, 5) is 18.9. The van der Waals surface area contributed by atoms with Crippen molar-refractivity contribution in [1.82, 2.24) is 9.88 Å². The van der Waals surface area contributed by atoms with Gasteiger partial charge in [-0.05, 0) is 110 Å². The highest BCUT2D eigenvalue weighted by atomic mass is 19.1. The SMILES string of the molecule is CC(=O)[C@@H](C)[C@H](c1ccc2c(c1)OC(c1ccc(-c3cc(C)ncc3F)c(CN3CC[C@H](C)C3)c1)CC2)C1CC1. The van der Waals surface area contributed by atoms with Crippen LogP contribution in [0.1, 0.15) is 86.4 Å². The molecule has 5 heteroatoms. The maximum Gasteiger partial charge on any atom is 0.149 e. The molecule has 0 bridgehead atoms. The Balaban J connectivity index is 1.31. The molecule has 40 heavy (non-hydrogen) atoms. The summed E-state index contributed by atoms with van der Waals surface area (Å²) in [6, 6.07) is 14.9. The zero-order valence-electron chi connectivity index (χ0n) is 24.3. The summed E-state index contributed by atoms with van der Waals surface area (Å²) in [6.07, 6.45) is 6.74. The number of aryl methyl sites for hydroxylation is 2. The monoisotopic (exact) mass is 540 g/mol. The van der Waals surface area contributed by atoms with Crippen LogP contribution in [0.15, 0.2) is 48.7 Å². The van der Waals surface area contributed by atoms with Gasteiger partial charge in [0.2, 0.25) is 0 Å². The summed E-state index contributed by atoms with van der Waals surface area (Å²) >= 11 is 0. The van der Waals surface area contributed by atoms with Gasteiger partial charge in [0.15, 0.2) is 0 Å². The zero-order valence-corrected chi connectivity index (χ0v) is 24.3. The Bertz CT molecular complexity index is 1410. The van der Waals surface area contributed by atoms with E-state index in [2.05, 4.69) is 60.1 Å². The molecule has 1 saturated heterocycles. The number of Topliss-reactive ketones (excluding diaryl/α,β-unsaturated/α-hetero) is 1. The molecule has 0 N–H and O–H groups in total. The number of aromatic nitrogens is 1. The third-order valence-electron chi connectivity index (χ3n) is 9.42. The molecule has 3 heterocycles. The maximum atomic E-state index is 15.0. The molecule has 1 aliphatic carbocycles. The topological polar surface area (TPSA) is 42.4 Å². The van der Waals surface area contributed by atoms with Crippen LogP contribution in [0.2, 0.25) is 0 Å². The molecule has 6 rings (SSSR count). The number of pyridine rings is 1. The van der Waals surface area contributed by atoms with Crippen molar-refractivity contribution in [2.24, 2.45) is 17.8 Å². The predicted molar refractivity (Wildman–Crippen MR) is 157 cm³/mol. The average Bonchev–Trinajstić information content (AvgIpc) is 3.69. The van der Waals surface area contributed by atoms with Crippen LogP contribution in [0.4, 0.5) is 4.39 Å². The van der Waals surface area contributed by atoms with Crippen LogP contribution in [-0.2, 0) is 17.8 Å². The van der Waals surface area contributed by atoms with Crippen molar-refractivity contribution >= 4 is 5.78 Å². The van der Waals surface area contributed by atoms with Crippen LogP contribution in [0, 0.1) is 30.5 Å². The van der Waals surface area contributed by atoms with Crippen molar-refractivity contribution in [3.05, 3.63) is 82.4 Å². The number of hydrogen-bond acceptors (Lipinski definition) is 4. The van der Waals surface area contributed by atoms with Gasteiger partial charge in [0.05, 0.1) is 6.20 Å². The highest BCUT2D eigenvalue weighted by molar-refractivity contribution is 5.79. The summed E-state index contributed by atoms with van der Waals surface area (Å²) in [5, 5.41) is 0. The summed E-state index contributed by atoms with van der Waals surface area (Å²) in [6.45, 7) is 10.9. The van der Waals surface area contributed by atoms with Crippen molar-refractivity contribution in [1.29, 1.82) is 0 Å². The van der Waals surface area contributed by atoms with Gasteiger partial charge in [-0.25, -0.2) is 4.39 Å². The van der Waals surface area contributed by atoms with Gasteiger partial charge in [-0.1, -0.05) is 44.2 Å². The Morgan fingerprint density at radius 1 is 1.10 bits per heavy atom. The molecule has 1 unspecified atom stereocenters. The average molecular weight is 541 g/mol. The molecule has 3 aromatic rings. The number of carbonyl (C=O) groups is 1. The minimum absolute atomic E-state index is 0.0190. The third-order valence-corrected chi connectivity index (χ3v) is 9.42. The van der Waals surface area contributed by atoms with Crippen LogP contribution in [0.3, 0.4) is 0 Å². The zero-order chi connectivity index (χ0) is 28.0. The van der Waals surface area contributed by atoms with E-state index in [1.165, 1.54) is 36.6 Å². The van der Waals surface area contributed by atoms with Crippen LogP contribution in [0.5, 0.6) is 5.75 Å². The first-order valence-corrected chi connectivity index (χ1v) is 15.0. The fourth-order valence-corrected chi connectivity index (χ4v) is 6.87. The minimum atomic E-state index is -0.283. The normalized spacial score (nSPS) is 22.4. The first-order chi connectivity index (χ1) is 19.3. The van der Waals surface area contributed by atoms with E-state index < -0.39 is 0 Å². The number of ketones is 1. The number of benzene rings is 2. The Morgan fingerprint density at radius 2 is 1.93 bits per heavy atom. The predicted octanol–water partition coefficient (Wildman–Crippen LogP) is 7.82. The van der Waals surface area contributed by atoms with E-state index in [0.717, 1.165) is 60.6 Å². The molecular formula is C35H41FN2O2. The van der Waals surface area contributed by atoms with E-state index in [9.17, 15) is 9.18 Å². The second kappa shape index (κ2) is 11.1. The largest absolute Gasteiger partial charge is 0.485 e. The molecule has 210 valence electrons. The molecule has 1 saturated carbocycles. The van der Waals surface area contributed by atoms with E-state index in [0.29, 0.717) is 17.4 Å². The Hall–Kier alpha value is -3.05. The molecular weight excluding hydrogens is 499 g/mol. The number of hydrogen-bond donors (Lipinski definition) is 0.